The third-order valence-electron chi connectivity index (χ3n) is 5.20. The van der Waals surface area contributed by atoms with Crippen molar-refractivity contribution in [3.63, 3.8) is 0 Å². The minimum Gasteiger partial charge on any atom is -0.160 e. The molecule has 0 unspecified atom stereocenters. The molecule has 0 saturated carbocycles. The van der Waals surface area contributed by atoms with E-state index >= 15 is 0 Å². The second-order valence-electron chi connectivity index (χ2n) is 6.77. The summed E-state index contributed by atoms with van der Waals surface area (Å²) in [6, 6.07) is 27.2. The normalized spacial score (nSPS) is 11.1. The summed E-state index contributed by atoms with van der Waals surface area (Å²) >= 11 is 0.310. The molecule has 0 amide bonds. The number of rotatable bonds is 4. The van der Waals surface area contributed by atoms with E-state index in [0.717, 1.165) is 28.3 Å². The van der Waals surface area contributed by atoms with Gasteiger partial charge >= 0.3 is 0 Å². The summed E-state index contributed by atoms with van der Waals surface area (Å²) in [4.78, 5) is 0.665. The average molecular weight is 373 g/mol. The molecule has 0 aliphatic rings. The maximum absolute atomic E-state index is 13.3. The highest BCUT2D eigenvalue weighted by molar-refractivity contribution is 7.94. The molecule has 0 aliphatic carbocycles. The Morgan fingerprint density at radius 3 is 2.26 bits per heavy atom. The molecular formula is C25H21FS. The Labute approximate surface area is 164 Å². The van der Waals surface area contributed by atoms with Crippen molar-refractivity contribution in [1.29, 1.82) is 0 Å². The number of fused-ring (bicyclic) bond motifs is 1. The molecule has 2 heteroatoms. The first-order valence-corrected chi connectivity index (χ1v) is 9.94. The Morgan fingerprint density at radius 1 is 0.741 bits per heavy atom. The molecule has 0 heterocycles. The standard InChI is InChI=1S/C25H21FS/c1-3-18-8-4-5-9-20(18)24-16-19(13-12-17(24)2)21-14-15-25(27-26)23-11-7-6-10-22(21)23/h4-16H,3H2,1-2H3. The summed E-state index contributed by atoms with van der Waals surface area (Å²) in [5.74, 6) is 0. The van der Waals surface area contributed by atoms with Gasteiger partial charge in [-0.3, -0.25) is 0 Å². The molecule has 0 aromatic heterocycles. The highest BCUT2D eigenvalue weighted by Crippen LogP contribution is 2.38. The maximum atomic E-state index is 13.3. The van der Waals surface area contributed by atoms with Crippen LogP contribution in [0.3, 0.4) is 0 Å². The number of hydrogen-bond acceptors (Lipinski definition) is 1. The molecule has 0 N–H and O–H groups in total. The molecule has 4 aromatic carbocycles. The van der Waals surface area contributed by atoms with Crippen LogP contribution in [0.1, 0.15) is 18.1 Å². The fourth-order valence-electron chi connectivity index (χ4n) is 3.76. The van der Waals surface area contributed by atoms with Gasteiger partial charge < -0.3 is 0 Å². The zero-order valence-corrected chi connectivity index (χ0v) is 16.3. The third kappa shape index (κ3) is 3.26. The van der Waals surface area contributed by atoms with Crippen molar-refractivity contribution < 1.29 is 3.89 Å². The van der Waals surface area contributed by atoms with E-state index in [1.807, 2.05) is 30.3 Å². The van der Waals surface area contributed by atoms with Gasteiger partial charge in [0, 0.05) is 4.90 Å². The molecule has 0 fully saturated rings. The molecule has 0 saturated heterocycles. The van der Waals surface area contributed by atoms with Crippen LogP contribution in [0.5, 0.6) is 0 Å². The van der Waals surface area contributed by atoms with Gasteiger partial charge in [-0.1, -0.05) is 73.7 Å². The molecule has 4 aromatic rings. The van der Waals surface area contributed by atoms with Gasteiger partial charge in [-0.25, -0.2) is 0 Å². The largest absolute Gasteiger partial charge is 0.160 e. The molecule has 27 heavy (non-hydrogen) atoms. The van der Waals surface area contributed by atoms with Gasteiger partial charge in [-0.15, -0.1) is 0 Å². The average Bonchev–Trinajstić information content (AvgIpc) is 2.73. The molecule has 134 valence electrons. The second-order valence-corrected chi connectivity index (χ2v) is 7.37. The van der Waals surface area contributed by atoms with Crippen LogP contribution >= 0.6 is 12.1 Å². The van der Waals surface area contributed by atoms with Gasteiger partial charge in [0.15, 0.2) is 0 Å². The van der Waals surface area contributed by atoms with E-state index in [9.17, 15) is 3.89 Å². The molecule has 0 radical (unpaired) electrons. The van der Waals surface area contributed by atoms with E-state index in [-0.39, 0.29) is 0 Å². The lowest BCUT2D eigenvalue weighted by Gasteiger charge is -2.15. The van der Waals surface area contributed by atoms with E-state index in [1.54, 1.807) is 0 Å². The van der Waals surface area contributed by atoms with Crippen molar-refractivity contribution in [2.24, 2.45) is 0 Å². The van der Waals surface area contributed by atoms with Gasteiger partial charge in [0.25, 0.3) is 0 Å². The first kappa shape index (κ1) is 17.8. The van der Waals surface area contributed by atoms with Crippen LogP contribution in [0.2, 0.25) is 0 Å². The monoisotopic (exact) mass is 372 g/mol. The summed E-state index contributed by atoms with van der Waals surface area (Å²) in [5.41, 5.74) is 7.47. The van der Waals surface area contributed by atoms with E-state index in [2.05, 4.69) is 62.4 Å². The number of hydrogen-bond donors (Lipinski definition) is 0. The predicted octanol–water partition coefficient (Wildman–Crippen LogP) is 8.02. The summed E-state index contributed by atoms with van der Waals surface area (Å²) < 4.78 is 13.3. The Kier molecular flexibility index (Phi) is 5.00. The van der Waals surface area contributed by atoms with Crippen molar-refractivity contribution >= 4 is 22.9 Å². The molecule has 0 nitrogen and oxygen atoms in total. The highest BCUT2D eigenvalue weighted by Gasteiger charge is 2.12. The molecule has 0 aliphatic heterocycles. The van der Waals surface area contributed by atoms with Crippen molar-refractivity contribution in [1.82, 2.24) is 0 Å². The Balaban J connectivity index is 1.94. The topological polar surface area (TPSA) is 0 Å². The van der Waals surface area contributed by atoms with Gasteiger partial charge in [0.1, 0.15) is 0 Å². The van der Waals surface area contributed by atoms with Gasteiger partial charge in [-0.05, 0) is 69.6 Å². The molecule has 0 spiro atoms. The van der Waals surface area contributed by atoms with Gasteiger partial charge in [0.2, 0.25) is 0 Å². The quantitative estimate of drug-likeness (QED) is 0.349. The third-order valence-corrected chi connectivity index (χ3v) is 5.73. The second kappa shape index (κ2) is 7.58. The fraction of sp³-hybridized carbons (Fsp3) is 0.120. The van der Waals surface area contributed by atoms with Crippen LogP contribution < -0.4 is 0 Å². The van der Waals surface area contributed by atoms with Crippen LogP contribution in [0, 0.1) is 6.92 Å². The number of aryl methyl sites for hydroxylation is 2. The summed E-state index contributed by atoms with van der Waals surface area (Å²) in [5, 5.41) is 2.04. The lowest BCUT2D eigenvalue weighted by molar-refractivity contribution is 0.936. The Bertz CT molecular complexity index is 1110. The molecule has 0 bridgehead atoms. The molecule has 0 atom stereocenters. The summed E-state index contributed by atoms with van der Waals surface area (Å²) in [6.07, 6.45) is 1.01. The summed E-state index contributed by atoms with van der Waals surface area (Å²) in [6.45, 7) is 4.35. The van der Waals surface area contributed by atoms with Crippen LogP contribution in [-0.2, 0) is 6.42 Å². The number of halogens is 1. The highest BCUT2D eigenvalue weighted by atomic mass is 32.2. The molecular weight excluding hydrogens is 351 g/mol. The first-order valence-electron chi connectivity index (χ1n) is 9.22. The van der Waals surface area contributed by atoms with E-state index in [0.29, 0.717) is 17.0 Å². The van der Waals surface area contributed by atoms with Crippen LogP contribution in [0.25, 0.3) is 33.0 Å². The molecule has 4 rings (SSSR count). The Hall–Kier alpha value is -2.58. The van der Waals surface area contributed by atoms with Crippen LogP contribution in [0.15, 0.2) is 83.8 Å². The van der Waals surface area contributed by atoms with Crippen LogP contribution in [0.4, 0.5) is 3.89 Å². The van der Waals surface area contributed by atoms with Crippen molar-refractivity contribution in [3.05, 3.63) is 90.0 Å². The minimum absolute atomic E-state index is 0.310. The minimum atomic E-state index is 0.310. The van der Waals surface area contributed by atoms with Crippen molar-refractivity contribution in [2.45, 2.75) is 25.2 Å². The van der Waals surface area contributed by atoms with E-state index < -0.39 is 0 Å². The predicted molar refractivity (Wildman–Crippen MR) is 116 cm³/mol. The van der Waals surface area contributed by atoms with Crippen molar-refractivity contribution in [2.75, 3.05) is 0 Å². The van der Waals surface area contributed by atoms with E-state index in [1.165, 1.54) is 22.3 Å². The van der Waals surface area contributed by atoms with Crippen molar-refractivity contribution in [3.8, 4) is 22.3 Å². The van der Waals surface area contributed by atoms with Gasteiger partial charge in [0.05, 0.1) is 12.1 Å². The fourth-order valence-corrected chi connectivity index (χ4v) is 4.14. The van der Waals surface area contributed by atoms with E-state index in [4.69, 9.17) is 0 Å². The Morgan fingerprint density at radius 2 is 1.48 bits per heavy atom. The maximum Gasteiger partial charge on any atom is 0.0818 e. The SMILES string of the molecule is CCc1ccccc1-c1cc(-c2ccc(SF)c3ccccc23)ccc1C. The van der Waals surface area contributed by atoms with Crippen LogP contribution in [-0.4, -0.2) is 0 Å². The lowest BCUT2D eigenvalue weighted by atomic mass is 9.90. The number of benzene rings is 4. The smallest absolute Gasteiger partial charge is 0.0818 e. The summed E-state index contributed by atoms with van der Waals surface area (Å²) in [7, 11) is 0. The first-order chi connectivity index (χ1) is 13.2. The lowest BCUT2D eigenvalue weighted by Crippen LogP contribution is -1.91. The zero-order chi connectivity index (χ0) is 18.8. The van der Waals surface area contributed by atoms with Gasteiger partial charge in [-0.2, -0.15) is 3.89 Å². The zero-order valence-electron chi connectivity index (χ0n) is 15.5.